The predicted octanol–water partition coefficient (Wildman–Crippen LogP) is 0.843. The number of carbonyl (C=O) groups excluding carboxylic acids is 1. The lowest BCUT2D eigenvalue weighted by Crippen LogP contribution is -2.28. The van der Waals surface area contributed by atoms with E-state index < -0.39 is 6.04 Å². The number of ether oxygens (including phenoxy) is 1. The molecule has 0 aromatic carbocycles. The largest absolute Gasteiger partial charge is 0.460 e. The first-order valence-electron chi connectivity index (χ1n) is 3.59. The van der Waals surface area contributed by atoms with Crippen molar-refractivity contribution in [2.75, 3.05) is 6.61 Å². The minimum Gasteiger partial charge on any atom is -0.460 e. The number of hydrogen-bond donors (Lipinski definition) is 1. The zero-order chi connectivity index (χ0) is 8.85. The maximum atomic E-state index is 10.7. The molecule has 0 radical (unpaired) electrons. The molecule has 3 heteroatoms. The Morgan fingerprint density at radius 1 is 1.64 bits per heavy atom. The second-order valence-electron chi connectivity index (χ2n) is 2.70. The summed E-state index contributed by atoms with van der Waals surface area (Å²) in [7, 11) is 0. The minimum absolute atomic E-state index is 0.322. The molecular weight excluding hydrogens is 142 g/mol. The van der Waals surface area contributed by atoms with Crippen LogP contribution in [0.2, 0.25) is 0 Å². The maximum absolute atomic E-state index is 10.7. The molecule has 3 nitrogen and oxygen atoms in total. The quantitative estimate of drug-likeness (QED) is 0.488. The standard InChI is InChI=1S/C8H15NO2/c1-6(2)4-5-11-8(10)7(3)9/h4,7H,5,9H2,1-3H3/t7-/m0/s1. The third kappa shape index (κ3) is 5.61. The molecule has 0 unspecified atom stereocenters. The van der Waals surface area contributed by atoms with E-state index in [1.807, 2.05) is 19.9 Å². The van der Waals surface area contributed by atoms with E-state index in [4.69, 9.17) is 10.5 Å². The van der Waals surface area contributed by atoms with E-state index in [0.29, 0.717) is 6.61 Å². The molecule has 11 heavy (non-hydrogen) atoms. The molecule has 0 saturated heterocycles. The fraction of sp³-hybridized carbons (Fsp3) is 0.625. The van der Waals surface area contributed by atoms with Crippen molar-refractivity contribution in [1.82, 2.24) is 0 Å². The lowest BCUT2D eigenvalue weighted by Gasteiger charge is -2.03. The monoisotopic (exact) mass is 157 g/mol. The molecule has 0 aromatic rings. The summed E-state index contributed by atoms with van der Waals surface area (Å²) in [5, 5.41) is 0. The SMILES string of the molecule is CC(C)=CCOC(=O)[C@H](C)N. The molecule has 0 bridgehead atoms. The van der Waals surface area contributed by atoms with E-state index in [1.54, 1.807) is 6.92 Å². The normalized spacial score (nSPS) is 12.0. The van der Waals surface area contributed by atoms with Crippen LogP contribution in [0.1, 0.15) is 20.8 Å². The molecule has 0 aromatic heterocycles. The van der Waals surface area contributed by atoms with Crippen LogP contribution in [0.15, 0.2) is 11.6 Å². The highest BCUT2D eigenvalue weighted by atomic mass is 16.5. The number of carbonyl (C=O) groups is 1. The molecule has 64 valence electrons. The van der Waals surface area contributed by atoms with Gasteiger partial charge in [-0.05, 0) is 26.8 Å². The highest BCUT2D eigenvalue weighted by Crippen LogP contribution is 1.90. The number of rotatable bonds is 3. The van der Waals surface area contributed by atoms with Crippen LogP contribution in [0.5, 0.6) is 0 Å². The van der Waals surface area contributed by atoms with Gasteiger partial charge in [0.15, 0.2) is 0 Å². The number of hydrogen-bond acceptors (Lipinski definition) is 3. The predicted molar refractivity (Wildman–Crippen MR) is 44.0 cm³/mol. The minimum atomic E-state index is -0.527. The van der Waals surface area contributed by atoms with E-state index >= 15 is 0 Å². The van der Waals surface area contributed by atoms with Gasteiger partial charge in [0.2, 0.25) is 0 Å². The molecule has 0 fully saturated rings. The van der Waals surface area contributed by atoms with E-state index in [2.05, 4.69) is 0 Å². The van der Waals surface area contributed by atoms with Gasteiger partial charge in [-0.1, -0.05) is 5.57 Å². The van der Waals surface area contributed by atoms with Gasteiger partial charge in [0, 0.05) is 0 Å². The average molecular weight is 157 g/mol. The zero-order valence-corrected chi connectivity index (χ0v) is 7.26. The van der Waals surface area contributed by atoms with Crippen LogP contribution in [-0.4, -0.2) is 18.6 Å². The van der Waals surface area contributed by atoms with Gasteiger partial charge in [-0.15, -0.1) is 0 Å². The highest BCUT2D eigenvalue weighted by molar-refractivity contribution is 5.74. The Morgan fingerprint density at radius 3 is 2.55 bits per heavy atom. The first-order chi connectivity index (χ1) is 5.04. The summed E-state index contributed by atoms with van der Waals surface area (Å²) in [4.78, 5) is 10.7. The van der Waals surface area contributed by atoms with Crippen LogP contribution in [0.25, 0.3) is 0 Å². The van der Waals surface area contributed by atoms with E-state index in [0.717, 1.165) is 5.57 Å². The third-order valence-electron chi connectivity index (χ3n) is 1.09. The smallest absolute Gasteiger partial charge is 0.322 e. The fourth-order valence-corrected chi connectivity index (χ4v) is 0.422. The van der Waals surface area contributed by atoms with Crippen molar-refractivity contribution < 1.29 is 9.53 Å². The van der Waals surface area contributed by atoms with Crippen molar-refractivity contribution in [3.63, 3.8) is 0 Å². The van der Waals surface area contributed by atoms with E-state index in [-0.39, 0.29) is 5.97 Å². The first-order valence-corrected chi connectivity index (χ1v) is 3.59. The van der Waals surface area contributed by atoms with Crippen molar-refractivity contribution >= 4 is 5.97 Å². The highest BCUT2D eigenvalue weighted by Gasteiger charge is 2.06. The molecule has 1 atom stereocenters. The number of esters is 1. The fourth-order valence-electron chi connectivity index (χ4n) is 0.422. The summed E-state index contributed by atoms with van der Waals surface area (Å²) < 4.78 is 4.77. The summed E-state index contributed by atoms with van der Waals surface area (Å²) in [5.74, 6) is -0.359. The molecule has 0 aliphatic carbocycles. The number of nitrogens with two attached hydrogens (primary N) is 1. The van der Waals surface area contributed by atoms with Gasteiger partial charge in [-0.2, -0.15) is 0 Å². The van der Waals surface area contributed by atoms with Gasteiger partial charge in [0.1, 0.15) is 12.6 Å². The Labute approximate surface area is 67.2 Å². The molecule has 0 heterocycles. The Hall–Kier alpha value is -0.830. The molecule has 2 N–H and O–H groups in total. The molecule has 0 amide bonds. The summed E-state index contributed by atoms with van der Waals surface area (Å²) >= 11 is 0. The number of allylic oxidation sites excluding steroid dienone is 1. The van der Waals surface area contributed by atoms with Gasteiger partial charge in [-0.25, -0.2) is 0 Å². The van der Waals surface area contributed by atoms with Gasteiger partial charge in [0.05, 0.1) is 0 Å². The van der Waals surface area contributed by atoms with Gasteiger partial charge >= 0.3 is 5.97 Å². The van der Waals surface area contributed by atoms with Crippen molar-refractivity contribution in [2.24, 2.45) is 5.73 Å². The van der Waals surface area contributed by atoms with Gasteiger partial charge in [0.25, 0.3) is 0 Å². The first kappa shape index (κ1) is 10.2. The molecule has 0 rings (SSSR count). The summed E-state index contributed by atoms with van der Waals surface area (Å²) in [5.41, 5.74) is 6.38. The second-order valence-corrected chi connectivity index (χ2v) is 2.70. The summed E-state index contributed by atoms with van der Waals surface area (Å²) in [6, 6.07) is -0.527. The van der Waals surface area contributed by atoms with Crippen LogP contribution in [-0.2, 0) is 9.53 Å². The van der Waals surface area contributed by atoms with Crippen LogP contribution in [0.4, 0.5) is 0 Å². The lowest BCUT2D eigenvalue weighted by atomic mass is 10.3. The topological polar surface area (TPSA) is 52.3 Å². The van der Waals surface area contributed by atoms with Crippen molar-refractivity contribution in [3.05, 3.63) is 11.6 Å². The van der Waals surface area contributed by atoms with E-state index in [9.17, 15) is 4.79 Å². The van der Waals surface area contributed by atoms with Gasteiger partial charge < -0.3 is 10.5 Å². The Kier molecular flexibility index (Phi) is 4.54. The molecule has 0 aliphatic heterocycles. The van der Waals surface area contributed by atoms with E-state index in [1.165, 1.54) is 0 Å². The Balaban J connectivity index is 3.56. The molecular formula is C8H15NO2. The average Bonchev–Trinajstić information content (AvgIpc) is 1.86. The maximum Gasteiger partial charge on any atom is 0.322 e. The third-order valence-corrected chi connectivity index (χ3v) is 1.09. The lowest BCUT2D eigenvalue weighted by molar-refractivity contribution is -0.143. The van der Waals surface area contributed by atoms with Crippen molar-refractivity contribution in [2.45, 2.75) is 26.8 Å². The summed E-state index contributed by atoms with van der Waals surface area (Å²) in [6.45, 7) is 5.81. The van der Waals surface area contributed by atoms with Gasteiger partial charge in [-0.3, -0.25) is 4.79 Å². The van der Waals surface area contributed by atoms with Crippen LogP contribution >= 0.6 is 0 Å². The Morgan fingerprint density at radius 2 is 2.18 bits per heavy atom. The molecule has 0 saturated carbocycles. The van der Waals surface area contributed by atoms with Crippen LogP contribution in [0, 0.1) is 0 Å². The summed E-state index contributed by atoms with van der Waals surface area (Å²) in [6.07, 6.45) is 1.83. The van der Waals surface area contributed by atoms with Crippen molar-refractivity contribution in [3.8, 4) is 0 Å². The molecule has 0 spiro atoms. The second kappa shape index (κ2) is 4.91. The molecule has 0 aliphatic rings. The van der Waals surface area contributed by atoms with Crippen LogP contribution < -0.4 is 5.73 Å². The van der Waals surface area contributed by atoms with Crippen LogP contribution in [0.3, 0.4) is 0 Å². The zero-order valence-electron chi connectivity index (χ0n) is 7.26. The van der Waals surface area contributed by atoms with Crippen molar-refractivity contribution in [1.29, 1.82) is 0 Å². The Bertz CT molecular complexity index is 157.